The van der Waals surface area contributed by atoms with Gasteiger partial charge in [-0.3, -0.25) is 0 Å². The second-order valence-corrected chi connectivity index (χ2v) is 7.03. The maximum Gasteiger partial charge on any atom is 0.280 e. The summed E-state index contributed by atoms with van der Waals surface area (Å²) in [6.07, 6.45) is 3.53. The van der Waals surface area contributed by atoms with Crippen molar-refractivity contribution in [1.29, 1.82) is 0 Å². The molecule has 1 aliphatic rings. The van der Waals surface area contributed by atoms with E-state index in [9.17, 15) is 8.42 Å². The minimum absolute atomic E-state index is 0.169. The number of rotatable bonds is 4. The molecule has 3 rings (SSSR count). The number of hydrogen-bond acceptors (Lipinski definition) is 6. The van der Waals surface area contributed by atoms with Gasteiger partial charge in [-0.2, -0.15) is 4.98 Å². The highest BCUT2D eigenvalue weighted by atomic mass is 35.7. The Balaban J connectivity index is 1.84. The molecule has 0 radical (unpaired) electrons. The Hall–Kier alpha value is -1.41. The minimum atomic E-state index is -3.82. The first kappa shape index (κ1) is 12.6. The van der Waals surface area contributed by atoms with Crippen molar-refractivity contribution in [3.63, 3.8) is 0 Å². The van der Waals surface area contributed by atoms with Crippen LogP contribution >= 0.6 is 10.7 Å². The Kier molecular flexibility index (Phi) is 2.86. The van der Waals surface area contributed by atoms with E-state index in [1.807, 2.05) is 0 Å². The lowest BCUT2D eigenvalue weighted by Gasteiger charge is -1.98. The van der Waals surface area contributed by atoms with Gasteiger partial charge in [0.2, 0.25) is 5.89 Å². The van der Waals surface area contributed by atoms with Crippen molar-refractivity contribution in [2.75, 3.05) is 0 Å². The molecule has 2 aromatic heterocycles. The molecule has 1 fully saturated rings. The first-order valence-electron chi connectivity index (χ1n) is 5.74. The Bertz CT molecular complexity index is 717. The lowest BCUT2D eigenvalue weighted by atomic mass is 10.4. The molecule has 19 heavy (non-hydrogen) atoms. The van der Waals surface area contributed by atoms with Crippen LogP contribution in [0.25, 0.3) is 0 Å². The third-order valence-corrected chi connectivity index (χ3v) is 4.10. The average molecular weight is 303 g/mol. The molecule has 7 nitrogen and oxygen atoms in total. The Morgan fingerprint density at radius 2 is 2.21 bits per heavy atom. The van der Waals surface area contributed by atoms with Crippen molar-refractivity contribution >= 4 is 19.7 Å². The van der Waals surface area contributed by atoms with Crippen LogP contribution in [-0.4, -0.2) is 28.1 Å². The van der Waals surface area contributed by atoms with Crippen LogP contribution in [0.3, 0.4) is 0 Å². The van der Waals surface area contributed by atoms with Crippen LogP contribution in [0, 0.1) is 6.92 Å². The van der Waals surface area contributed by atoms with Gasteiger partial charge in [0.1, 0.15) is 5.82 Å². The van der Waals surface area contributed by atoms with E-state index in [-0.39, 0.29) is 5.03 Å². The second-order valence-electron chi connectivity index (χ2n) is 4.52. The maximum absolute atomic E-state index is 11.2. The summed E-state index contributed by atoms with van der Waals surface area (Å²) in [6, 6.07) is 0. The molecule has 0 unspecified atom stereocenters. The van der Waals surface area contributed by atoms with E-state index in [4.69, 9.17) is 15.2 Å². The summed E-state index contributed by atoms with van der Waals surface area (Å²) in [4.78, 5) is 8.16. The Labute approximate surface area is 114 Å². The zero-order valence-electron chi connectivity index (χ0n) is 10.1. The van der Waals surface area contributed by atoms with E-state index in [0.29, 0.717) is 30.0 Å². The monoisotopic (exact) mass is 302 g/mol. The molecule has 0 aromatic carbocycles. The summed E-state index contributed by atoms with van der Waals surface area (Å²) in [5.41, 5.74) is 0. The molecule has 9 heteroatoms. The van der Waals surface area contributed by atoms with Gasteiger partial charge in [-0.05, 0) is 19.8 Å². The topological polar surface area (TPSA) is 90.9 Å². The molecular formula is C10H11ClN4O3S. The van der Waals surface area contributed by atoms with Gasteiger partial charge < -0.3 is 9.09 Å². The molecule has 102 valence electrons. The fourth-order valence-corrected chi connectivity index (χ4v) is 2.45. The van der Waals surface area contributed by atoms with Gasteiger partial charge in [-0.15, -0.1) is 0 Å². The van der Waals surface area contributed by atoms with Crippen molar-refractivity contribution in [3.05, 3.63) is 23.7 Å². The van der Waals surface area contributed by atoms with Crippen LogP contribution in [0.4, 0.5) is 0 Å². The summed E-state index contributed by atoms with van der Waals surface area (Å²) in [5.74, 6) is 2.07. The van der Waals surface area contributed by atoms with Gasteiger partial charge in [-0.1, -0.05) is 5.16 Å². The summed E-state index contributed by atoms with van der Waals surface area (Å²) >= 11 is 0. The predicted octanol–water partition coefficient (Wildman–Crippen LogP) is 1.43. The van der Waals surface area contributed by atoms with E-state index in [1.165, 1.54) is 6.20 Å². The highest BCUT2D eigenvalue weighted by Crippen LogP contribution is 2.38. The largest absolute Gasteiger partial charge is 0.339 e. The highest BCUT2D eigenvalue weighted by molar-refractivity contribution is 8.13. The zero-order valence-corrected chi connectivity index (χ0v) is 11.6. The van der Waals surface area contributed by atoms with Crippen LogP contribution in [0.1, 0.15) is 36.3 Å². The molecule has 2 heterocycles. The first-order valence-corrected chi connectivity index (χ1v) is 8.05. The summed E-state index contributed by atoms with van der Waals surface area (Å²) in [7, 11) is 1.43. The lowest BCUT2D eigenvalue weighted by molar-refractivity contribution is 0.373. The minimum Gasteiger partial charge on any atom is -0.339 e. The second kappa shape index (κ2) is 4.31. The normalized spacial score (nSPS) is 15.9. The van der Waals surface area contributed by atoms with Gasteiger partial charge in [-0.25, -0.2) is 13.4 Å². The number of halogens is 1. The van der Waals surface area contributed by atoms with Crippen molar-refractivity contribution in [2.45, 2.75) is 37.3 Å². The van der Waals surface area contributed by atoms with Gasteiger partial charge in [0.05, 0.1) is 6.54 Å². The van der Waals surface area contributed by atoms with Crippen LogP contribution in [0.5, 0.6) is 0 Å². The van der Waals surface area contributed by atoms with Crippen molar-refractivity contribution in [3.8, 4) is 0 Å². The lowest BCUT2D eigenvalue weighted by Crippen LogP contribution is -2.02. The molecule has 0 amide bonds. The molecule has 0 atom stereocenters. The van der Waals surface area contributed by atoms with E-state index in [1.54, 1.807) is 11.5 Å². The number of imidazole rings is 1. The van der Waals surface area contributed by atoms with Crippen LogP contribution in [0.15, 0.2) is 15.7 Å². The first-order chi connectivity index (χ1) is 8.93. The van der Waals surface area contributed by atoms with E-state index in [2.05, 4.69) is 15.1 Å². The molecule has 1 saturated carbocycles. The maximum atomic E-state index is 11.2. The van der Waals surface area contributed by atoms with E-state index < -0.39 is 9.05 Å². The van der Waals surface area contributed by atoms with Crippen molar-refractivity contribution in [2.24, 2.45) is 0 Å². The fraction of sp³-hybridized carbons (Fsp3) is 0.500. The number of aryl methyl sites for hydroxylation is 1. The van der Waals surface area contributed by atoms with Crippen LogP contribution in [0.2, 0.25) is 0 Å². The van der Waals surface area contributed by atoms with Gasteiger partial charge in [0.15, 0.2) is 10.9 Å². The van der Waals surface area contributed by atoms with E-state index >= 15 is 0 Å². The summed E-state index contributed by atoms with van der Waals surface area (Å²) < 4.78 is 29.1. The molecule has 0 spiro atoms. The fourth-order valence-electron chi connectivity index (χ4n) is 1.74. The Morgan fingerprint density at radius 3 is 2.79 bits per heavy atom. The molecule has 1 aliphatic carbocycles. The molecular weight excluding hydrogens is 292 g/mol. The highest BCUT2D eigenvalue weighted by Gasteiger charge is 2.29. The molecule has 0 saturated heterocycles. The van der Waals surface area contributed by atoms with Crippen LogP contribution < -0.4 is 0 Å². The smallest absolute Gasteiger partial charge is 0.280 e. The number of nitrogens with zero attached hydrogens (tertiary/aromatic N) is 4. The summed E-state index contributed by atoms with van der Waals surface area (Å²) in [5, 5.41) is 3.70. The van der Waals surface area contributed by atoms with Crippen molar-refractivity contribution in [1.82, 2.24) is 19.7 Å². The summed E-state index contributed by atoms with van der Waals surface area (Å²) in [6.45, 7) is 1.99. The molecule has 0 N–H and O–H groups in total. The quantitative estimate of drug-likeness (QED) is 0.793. The average Bonchev–Trinajstić information content (AvgIpc) is 2.95. The molecule has 0 aliphatic heterocycles. The van der Waals surface area contributed by atoms with Gasteiger partial charge in [0, 0.05) is 22.8 Å². The van der Waals surface area contributed by atoms with Gasteiger partial charge >= 0.3 is 0 Å². The number of aromatic nitrogens is 4. The van der Waals surface area contributed by atoms with Gasteiger partial charge in [0.25, 0.3) is 9.05 Å². The third kappa shape index (κ3) is 2.64. The SMILES string of the molecule is Cc1nc(S(=O)(=O)Cl)cn1Cc1noc(C2CC2)n1. The van der Waals surface area contributed by atoms with Crippen LogP contribution in [-0.2, 0) is 15.6 Å². The third-order valence-electron chi connectivity index (χ3n) is 2.93. The predicted molar refractivity (Wildman–Crippen MR) is 65.4 cm³/mol. The zero-order chi connectivity index (χ0) is 13.6. The number of hydrogen-bond donors (Lipinski definition) is 0. The molecule has 0 bridgehead atoms. The molecule has 2 aromatic rings. The standard InChI is InChI=1S/C10H11ClN4O3S/c1-6-12-9(19(11,16)17)5-15(6)4-8-13-10(18-14-8)7-2-3-7/h5,7H,2-4H2,1H3. The van der Waals surface area contributed by atoms with Crippen molar-refractivity contribution < 1.29 is 12.9 Å². The van der Waals surface area contributed by atoms with E-state index in [0.717, 1.165) is 12.8 Å². The Morgan fingerprint density at radius 1 is 1.47 bits per heavy atom.